The predicted octanol–water partition coefficient (Wildman–Crippen LogP) is 2.55. The number of nitrogens with one attached hydrogen (secondary N) is 2. The van der Waals surface area contributed by atoms with Gasteiger partial charge in [-0.1, -0.05) is 12.1 Å². The second-order valence-corrected chi connectivity index (χ2v) is 6.72. The van der Waals surface area contributed by atoms with Gasteiger partial charge in [-0.25, -0.2) is 15.0 Å². The Labute approximate surface area is 164 Å². The highest BCUT2D eigenvalue weighted by Crippen LogP contribution is 2.36. The van der Waals surface area contributed by atoms with Gasteiger partial charge in [-0.3, -0.25) is 9.89 Å². The van der Waals surface area contributed by atoms with Gasteiger partial charge in [0.1, 0.15) is 0 Å². The zero-order valence-corrected chi connectivity index (χ0v) is 15.4. The summed E-state index contributed by atoms with van der Waals surface area (Å²) in [6.07, 6.45) is 3.30. The van der Waals surface area contributed by atoms with Crippen LogP contribution in [0.1, 0.15) is 16.1 Å². The van der Waals surface area contributed by atoms with Crippen LogP contribution in [-0.2, 0) is 0 Å². The van der Waals surface area contributed by atoms with Crippen LogP contribution in [0.25, 0.3) is 44.6 Å². The summed E-state index contributed by atoms with van der Waals surface area (Å²) in [5, 5.41) is 7.90. The number of H-pyrrole nitrogens is 2. The number of aryl methyl sites for hydroxylation is 1. The summed E-state index contributed by atoms with van der Waals surface area (Å²) >= 11 is 0. The Morgan fingerprint density at radius 2 is 1.97 bits per heavy atom. The number of carbonyl (C=O) groups is 1. The van der Waals surface area contributed by atoms with Crippen LogP contribution < -0.4 is 11.5 Å². The summed E-state index contributed by atoms with van der Waals surface area (Å²) < 4.78 is 0. The molecule has 29 heavy (non-hydrogen) atoms. The van der Waals surface area contributed by atoms with Gasteiger partial charge in [0.25, 0.3) is 5.91 Å². The van der Waals surface area contributed by atoms with E-state index in [1.54, 1.807) is 12.5 Å². The van der Waals surface area contributed by atoms with Crippen molar-refractivity contribution in [3.63, 3.8) is 0 Å². The first kappa shape index (κ1) is 16.9. The lowest BCUT2D eigenvalue weighted by molar-refractivity contribution is 0.0996. The minimum atomic E-state index is -0.723. The van der Waals surface area contributed by atoms with E-state index in [4.69, 9.17) is 16.5 Å². The lowest BCUT2D eigenvalue weighted by atomic mass is 9.99. The lowest BCUT2D eigenvalue weighted by Gasteiger charge is -2.14. The number of aromatic nitrogens is 6. The third-order valence-electron chi connectivity index (χ3n) is 4.94. The van der Waals surface area contributed by atoms with Crippen molar-refractivity contribution in [2.45, 2.75) is 6.92 Å². The van der Waals surface area contributed by atoms with Gasteiger partial charge in [0.2, 0.25) is 0 Å². The molecule has 0 aliphatic heterocycles. The fraction of sp³-hybridized carbons (Fsp3) is 0.0500. The largest absolute Gasteiger partial charge is 0.395 e. The molecule has 0 unspecified atom stereocenters. The highest BCUT2D eigenvalue weighted by atomic mass is 16.1. The summed E-state index contributed by atoms with van der Waals surface area (Å²) in [6, 6.07) is 9.47. The van der Waals surface area contributed by atoms with Crippen LogP contribution in [0.4, 0.5) is 5.69 Å². The summed E-state index contributed by atoms with van der Waals surface area (Å²) in [6.45, 7) is 1.95. The Kier molecular flexibility index (Phi) is 3.56. The van der Waals surface area contributed by atoms with Gasteiger partial charge in [-0.2, -0.15) is 5.10 Å². The molecule has 0 saturated heterocycles. The van der Waals surface area contributed by atoms with Gasteiger partial charge in [0.05, 0.1) is 40.5 Å². The summed E-state index contributed by atoms with van der Waals surface area (Å²) in [4.78, 5) is 28.6. The van der Waals surface area contributed by atoms with Crippen molar-refractivity contribution >= 4 is 33.5 Å². The highest BCUT2D eigenvalue weighted by Gasteiger charge is 2.22. The Morgan fingerprint density at radius 3 is 2.79 bits per heavy atom. The third-order valence-corrected chi connectivity index (χ3v) is 4.94. The number of rotatable bonds is 3. The first-order valence-electron chi connectivity index (χ1n) is 8.87. The molecule has 0 spiro atoms. The van der Waals surface area contributed by atoms with E-state index in [0.717, 1.165) is 27.5 Å². The van der Waals surface area contributed by atoms with Gasteiger partial charge in [-0.15, -0.1) is 0 Å². The number of para-hydroxylation sites is 1. The number of imidazole rings is 1. The number of benzene rings is 2. The van der Waals surface area contributed by atoms with Crippen LogP contribution in [0.5, 0.6) is 0 Å². The van der Waals surface area contributed by atoms with Crippen LogP contribution >= 0.6 is 0 Å². The Morgan fingerprint density at radius 1 is 1.10 bits per heavy atom. The zero-order chi connectivity index (χ0) is 20.1. The summed E-state index contributed by atoms with van der Waals surface area (Å²) in [7, 11) is 0. The first-order valence-corrected chi connectivity index (χ1v) is 8.87. The van der Waals surface area contributed by atoms with Crippen molar-refractivity contribution in [2.24, 2.45) is 5.73 Å². The van der Waals surface area contributed by atoms with Crippen LogP contribution in [0, 0.1) is 6.92 Å². The molecule has 0 atom stereocenters. The number of primary amides is 1. The van der Waals surface area contributed by atoms with Crippen LogP contribution in [0.15, 0.2) is 42.9 Å². The van der Waals surface area contributed by atoms with Gasteiger partial charge in [0.15, 0.2) is 11.5 Å². The molecule has 0 aliphatic rings. The number of hydrogen-bond donors (Lipinski definition) is 4. The number of aromatic amines is 2. The molecule has 1 amide bonds. The number of fused-ring (bicyclic) bond motifs is 2. The molecule has 3 heterocycles. The summed E-state index contributed by atoms with van der Waals surface area (Å²) in [5.41, 5.74) is 17.2. The van der Waals surface area contributed by atoms with E-state index in [-0.39, 0.29) is 11.4 Å². The molecule has 6 N–H and O–H groups in total. The molecule has 2 aromatic carbocycles. The molecule has 9 heteroatoms. The van der Waals surface area contributed by atoms with E-state index in [2.05, 4.69) is 25.1 Å². The standard InChI is InChI=1S/C20H16N8O/c1-9-5-6-12-11(7-25-28-12)14(9)17-15(21)18(19(22)29)27-20(26-17)10-3-2-4-13-16(10)24-8-23-13/h2-8H,21H2,1H3,(H2,22,29)(H,23,24)(H,25,28). The Bertz CT molecular complexity index is 1420. The van der Waals surface area contributed by atoms with Crippen molar-refractivity contribution in [1.82, 2.24) is 30.1 Å². The SMILES string of the molecule is Cc1ccc2[nH]ncc2c1-c1nc(-c2cccc3[nH]cnc23)nc(C(N)=O)c1N. The molecule has 0 aliphatic carbocycles. The maximum Gasteiger partial charge on any atom is 0.269 e. The molecule has 0 radical (unpaired) electrons. The van der Waals surface area contributed by atoms with Gasteiger partial charge in [0, 0.05) is 16.5 Å². The number of carbonyl (C=O) groups excluding carboxylic acids is 1. The van der Waals surface area contributed by atoms with Gasteiger partial charge in [-0.05, 0) is 30.7 Å². The number of nitrogens with two attached hydrogens (primary N) is 2. The molecule has 3 aromatic heterocycles. The summed E-state index contributed by atoms with van der Waals surface area (Å²) in [5.74, 6) is -0.403. The molecule has 142 valence electrons. The second kappa shape index (κ2) is 6.13. The molecule has 5 aromatic rings. The highest BCUT2D eigenvalue weighted by molar-refractivity contribution is 6.04. The van der Waals surface area contributed by atoms with Crippen LogP contribution in [0.3, 0.4) is 0 Å². The number of anilines is 1. The third kappa shape index (κ3) is 2.52. The first-order chi connectivity index (χ1) is 14.0. The monoisotopic (exact) mass is 384 g/mol. The minimum absolute atomic E-state index is 0.0302. The van der Waals surface area contributed by atoms with Crippen molar-refractivity contribution in [3.8, 4) is 22.6 Å². The van der Waals surface area contributed by atoms with Crippen LogP contribution in [-0.4, -0.2) is 36.0 Å². The molecule has 0 bridgehead atoms. The van der Waals surface area contributed by atoms with E-state index in [0.29, 0.717) is 22.6 Å². The predicted molar refractivity (Wildman–Crippen MR) is 110 cm³/mol. The number of nitrogen functional groups attached to an aromatic ring is 1. The van der Waals surface area contributed by atoms with Crippen molar-refractivity contribution in [1.29, 1.82) is 0 Å². The minimum Gasteiger partial charge on any atom is -0.395 e. The Balaban J connectivity index is 1.87. The van der Waals surface area contributed by atoms with E-state index in [9.17, 15) is 4.79 Å². The Hall–Kier alpha value is -4.27. The van der Waals surface area contributed by atoms with Crippen LogP contribution in [0.2, 0.25) is 0 Å². The smallest absolute Gasteiger partial charge is 0.269 e. The quantitative estimate of drug-likeness (QED) is 0.375. The topological polar surface area (TPSA) is 152 Å². The molecule has 5 rings (SSSR count). The lowest BCUT2D eigenvalue weighted by Crippen LogP contribution is -2.18. The molecular formula is C20H16N8O. The maximum absolute atomic E-state index is 12.1. The number of amides is 1. The maximum atomic E-state index is 12.1. The fourth-order valence-electron chi connectivity index (χ4n) is 3.55. The van der Waals surface area contributed by atoms with E-state index in [1.165, 1.54) is 0 Å². The molecule has 9 nitrogen and oxygen atoms in total. The molecule has 0 fully saturated rings. The van der Waals surface area contributed by atoms with E-state index >= 15 is 0 Å². The zero-order valence-electron chi connectivity index (χ0n) is 15.4. The second-order valence-electron chi connectivity index (χ2n) is 6.72. The average Bonchev–Trinajstić information content (AvgIpc) is 3.37. The normalized spacial score (nSPS) is 11.3. The molecule has 0 saturated carbocycles. The van der Waals surface area contributed by atoms with Gasteiger partial charge < -0.3 is 16.5 Å². The number of hydrogen-bond acceptors (Lipinski definition) is 6. The van der Waals surface area contributed by atoms with Crippen molar-refractivity contribution in [2.75, 3.05) is 5.73 Å². The number of nitrogens with zero attached hydrogens (tertiary/aromatic N) is 4. The van der Waals surface area contributed by atoms with Crippen molar-refractivity contribution < 1.29 is 4.79 Å². The molecular weight excluding hydrogens is 368 g/mol. The van der Waals surface area contributed by atoms with Gasteiger partial charge >= 0.3 is 0 Å². The fourth-order valence-corrected chi connectivity index (χ4v) is 3.55. The van der Waals surface area contributed by atoms with Crippen molar-refractivity contribution in [3.05, 3.63) is 54.1 Å². The van der Waals surface area contributed by atoms with E-state index < -0.39 is 5.91 Å². The van der Waals surface area contributed by atoms with E-state index in [1.807, 2.05) is 37.3 Å². The average molecular weight is 384 g/mol.